The van der Waals surface area contributed by atoms with Crippen LogP contribution in [0.15, 0.2) is 54.9 Å². The van der Waals surface area contributed by atoms with Crippen LogP contribution in [0.5, 0.6) is 0 Å². The van der Waals surface area contributed by atoms with Gasteiger partial charge < -0.3 is 9.47 Å². The van der Waals surface area contributed by atoms with E-state index >= 15 is 0 Å². The van der Waals surface area contributed by atoms with Gasteiger partial charge in [-0.2, -0.15) is 0 Å². The fourth-order valence-electron chi connectivity index (χ4n) is 3.87. The van der Waals surface area contributed by atoms with E-state index in [-0.39, 0.29) is 0 Å². The first kappa shape index (κ1) is 17.1. The minimum atomic E-state index is -0.891. The van der Waals surface area contributed by atoms with Gasteiger partial charge in [-0.15, -0.1) is 0 Å². The molecule has 2 aliphatic rings. The third-order valence-electron chi connectivity index (χ3n) is 5.00. The zero-order chi connectivity index (χ0) is 19.0. The quantitative estimate of drug-likeness (QED) is 0.772. The van der Waals surface area contributed by atoms with Crippen LogP contribution in [0.2, 0.25) is 0 Å². The van der Waals surface area contributed by atoms with E-state index in [4.69, 9.17) is 9.47 Å². The molecule has 1 unspecified atom stereocenters. The van der Waals surface area contributed by atoms with Gasteiger partial charge >= 0.3 is 11.9 Å². The average molecular weight is 365 g/mol. The minimum absolute atomic E-state index is 0.398. The lowest BCUT2D eigenvalue weighted by Gasteiger charge is -2.36. The van der Waals surface area contributed by atoms with Crippen LogP contribution >= 0.6 is 0 Å². The predicted molar refractivity (Wildman–Crippen MR) is 98.1 cm³/mol. The molecule has 138 valence electrons. The van der Waals surface area contributed by atoms with E-state index in [2.05, 4.69) is 4.98 Å². The number of rotatable bonds is 3. The normalized spacial score (nSPS) is 22.8. The van der Waals surface area contributed by atoms with Gasteiger partial charge in [0.2, 0.25) is 0 Å². The smallest absolute Gasteiger partial charge is 0.331 e. The van der Waals surface area contributed by atoms with E-state index in [1.807, 2.05) is 47.6 Å². The summed E-state index contributed by atoms with van der Waals surface area (Å²) < 4.78 is 10.1. The van der Waals surface area contributed by atoms with Crippen molar-refractivity contribution in [1.29, 1.82) is 0 Å². The van der Waals surface area contributed by atoms with Crippen LogP contribution in [0, 0.1) is 5.92 Å². The summed E-state index contributed by atoms with van der Waals surface area (Å²) in [6.07, 6.45) is 5.46. The number of ether oxygens (including phenoxy) is 2. The Kier molecular flexibility index (Phi) is 4.27. The molecule has 0 saturated carbocycles. The SMILES string of the molecule is COC(=O)[C@@H]1C2c3ccccc3C=CN2N(c2ccccn2)[C@@H]1C(=O)OC. The van der Waals surface area contributed by atoms with Gasteiger partial charge in [0.25, 0.3) is 0 Å². The molecule has 1 aromatic carbocycles. The molecule has 1 fully saturated rings. The van der Waals surface area contributed by atoms with Gasteiger partial charge in [-0.3, -0.25) is 14.8 Å². The first-order chi connectivity index (χ1) is 13.2. The number of nitrogens with zero attached hydrogens (tertiary/aromatic N) is 3. The average Bonchev–Trinajstić information content (AvgIpc) is 3.08. The van der Waals surface area contributed by atoms with E-state index in [0.717, 1.165) is 11.1 Å². The number of benzene rings is 1. The topological polar surface area (TPSA) is 72.0 Å². The molecule has 0 radical (unpaired) electrons. The number of carbonyl (C=O) groups excluding carboxylic acids is 2. The predicted octanol–water partition coefficient (Wildman–Crippen LogP) is 2.17. The van der Waals surface area contributed by atoms with Gasteiger partial charge in [0.1, 0.15) is 11.7 Å². The molecule has 7 nitrogen and oxygen atoms in total. The fraction of sp³-hybridized carbons (Fsp3) is 0.250. The second-order valence-corrected chi connectivity index (χ2v) is 6.32. The van der Waals surface area contributed by atoms with Crippen molar-refractivity contribution in [3.05, 3.63) is 66.0 Å². The van der Waals surface area contributed by atoms with Crippen LogP contribution < -0.4 is 5.01 Å². The third-order valence-corrected chi connectivity index (χ3v) is 5.00. The Balaban J connectivity index is 1.92. The van der Waals surface area contributed by atoms with Crippen LogP contribution in [0.3, 0.4) is 0 Å². The Labute approximate surface area is 156 Å². The molecular formula is C20H19N3O4. The molecular weight excluding hydrogens is 346 g/mol. The second kappa shape index (κ2) is 6.75. The molecule has 27 heavy (non-hydrogen) atoms. The minimum Gasteiger partial charge on any atom is -0.469 e. The zero-order valence-electron chi connectivity index (χ0n) is 15.0. The number of anilines is 1. The van der Waals surface area contributed by atoms with E-state index in [9.17, 15) is 9.59 Å². The molecule has 0 N–H and O–H groups in total. The van der Waals surface area contributed by atoms with Crippen molar-refractivity contribution in [2.75, 3.05) is 19.2 Å². The molecule has 3 heterocycles. The Bertz CT molecular complexity index is 883. The Hall–Kier alpha value is -3.35. The third kappa shape index (κ3) is 2.63. The number of esters is 2. The Morgan fingerprint density at radius 1 is 1.00 bits per heavy atom. The fourth-order valence-corrected chi connectivity index (χ4v) is 3.87. The second-order valence-electron chi connectivity index (χ2n) is 6.32. The number of carbonyl (C=O) groups is 2. The molecule has 1 aromatic heterocycles. The monoisotopic (exact) mass is 365 g/mol. The summed E-state index contributed by atoms with van der Waals surface area (Å²) in [6, 6.07) is 11.9. The molecule has 7 heteroatoms. The molecule has 2 aliphatic heterocycles. The van der Waals surface area contributed by atoms with Gasteiger partial charge in [0.15, 0.2) is 6.04 Å². The van der Waals surface area contributed by atoms with Gasteiger partial charge in [0.05, 0.1) is 20.3 Å². The van der Waals surface area contributed by atoms with Gasteiger partial charge in [0, 0.05) is 12.4 Å². The lowest BCUT2D eigenvalue weighted by molar-refractivity contribution is -0.153. The highest BCUT2D eigenvalue weighted by molar-refractivity contribution is 5.89. The van der Waals surface area contributed by atoms with Crippen LogP contribution in [0.1, 0.15) is 17.2 Å². The highest BCUT2D eigenvalue weighted by Crippen LogP contribution is 2.47. The van der Waals surface area contributed by atoms with E-state index < -0.39 is 29.9 Å². The summed E-state index contributed by atoms with van der Waals surface area (Å²) in [6.45, 7) is 0. The van der Waals surface area contributed by atoms with Crippen molar-refractivity contribution in [2.24, 2.45) is 5.92 Å². The number of hydrazine groups is 1. The van der Waals surface area contributed by atoms with E-state index in [1.165, 1.54) is 14.2 Å². The number of pyridine rings is 1. The van der Waals surface area contributed by atoms with Crippen LogP contribution in [-0.2, 0) is 19.1 Å². The molecule has 0 bridgehead atoms. The van der Waals surface area contributed by atoms with Gasteiger partial charge in [-0.25, -0.2) is 9.78 Å². The van der Waals surface area contributed by atoms with E-state index in [0.29, 0.717) is 5.82 Å². The lowest BCUT2D eigenvalue weighted by atomic mass is 9.85. The lowest BCUT2D eigenvalue weighted by Crippen LogP contribution is -2.46. The van der Waals surface area contributed by atoms with Crippen molar-refractivity contribution >= 4 is 23.8 Å². The standard InChI is InChI=1S/C20H19N3O4/c1-26-19(24)16-17-14-8-4-3-7-13(14)10-12-22(17)23(18(16)20(25)27-2)15-9-5-6-11-21-15/h3-12,16-18H,1-2H3/t16-,17?,18+/m1/s1. The number of hydrogen-bond acceptors (Lipinski definition) is 7. The Morgan fingerprint density at radius 2 is 1.74 bits per heavy atom. The number of fused-ring (bicyclic) bond motifs is 3. The van der Waals surface area contributed by atoms with Crippen molar-refractivity contribution in [1.82, 2.24) is 9.99 Å². The number of methoxy groups -OCH3 is 2. The van der Waals surface area contributed by atoms with Gasteiger partial charge in [-0.1, -0.05) is 30.3 Å². The number of aromatic nitrogens is 1. The van der Waals surface area contributed by atoms with Crippen molar-refractivity contribution in [3.8, 4) is 0 Å². The molecule has 1 saturated heterocycles. The molecule has 0 aliphatic carbocycles. The number of hydrogen-bond donors (Lipinski definition) is 0. The summed E-state index contributed by atoms with van der Waals surface area (Å²) in [4.78, 5) is 29.9. The maximum Gasteiger partial charge on any atom is 0.331 e. The maximum atomic E-state index is 12.8. The molecule has 0 spiro atoms. The van der Waals surface area contributed by atoms with Crippen LogP contribution in [0.4, 0.5) is 5.82 Å². The first-order valence-corrected chi connectivity index (χ1v) is 8.58. The molecule has 2 aromatic rings. The zero-order valence-corrected chi connectivity index (χ0v) is 15.0. The molecule has 0 amide bonds. The summed E-state index contributed by atoms with van der Waals surface area (Å²) in [5.74, 6) is -1.20. The van der Waals surface area contributed by atoms with Crippen molar-refractivity contribution in [2.45, 2.75) is 12.1 Å². The van der Waals surface area contributed by atoms with Crippen LogP contribution in [0.25, 0.3) is 6.08 Å². The highest BCUT2D eigenvalue weighted by Gasteiger charge is 2.56. The van der Waals surface area contributed by atoms with E-state index in [1.54, 1.807) is 23.3 Å². The van der Waals surface area contributed by atoms with Crippen molar-refractivity contribution in [3.63, 3.8) is 0 Å². The Morgan fingerprint density at radius 3 is 2.44 bits per heavy atom. The maximum absolute atomic E-state index is 12.8. The van der Waals surface area contributed by atoms with Crippen molar-refractivity contribution < 1.29 is 19.1 Å². The molecule has 3 atom stereocenters. The largest absolute Gasteiger partial charge is 0.469 e. The summed E-state index contributed by atoms with van der Waals surface area (Å²) in [5.41, 5.74) is 1.95. The highest BCUT2D eigenvalue weighted by atomic mass is 16.5. The van der Waals surface area contributed by atoms with Gasteiger partial charge in [-0.05, 0) is 29.3 Å². The molecule has 4 rings (SSSR count). The van der Waals surface area contributed by atoms with Crippen LogP contribution in [-0.4, -0.2) is 42.2 Å². The summed E-state index contributed by atoms with van der Waals surface area (Å²) in [7, 11) is 2.64. The summed E-state index contributed by atoms with van der Waals surface area (Å²) in [5, 5.41) is 3.58. The first-order valence-electron chi connectivity index (χ1n) is 8.58. The summed E-state index contributed by atoms with van der Waals surface area (Å²) >= 11 is 0.